The molecule has 8 heteroatoms. The first-order valence-electron chi connectivity index (χ1n) is 9.09. The van der Waals surface area contributed by atoms with Gasteiger partial charge in [0.15, 0.2) is 0 Å². The first-order chi connectivity index (χ1) is 12.8. The van der Waals surface area contributed by atoms with E-state index < -0.39 is 21.9 Å². The van der Waals surface area contributed by atoms with E-state index in [9.17, 15) is 24.8 Å². The van der Waals surface area contributed by atoms with E-state index in [1.165, 1.54) is 18.2 Å². The summed E-state index contributed by atoms with van der Waals surface area (Å²) in [5.41, 5.74) is -1.03. The van der Waals surface area contributed by atoms with Crippen LogP contribution in [0.2, 0.25) is 0 Å². The minimum atomic E-state index is -0.812. The molecule has 1 saturated carbocycles. The number of non-ortho nitro benzene ring substituents is 1. The van der Waals surface area contributed by atoms with Crippen molar-refractivity contribution in [1.82, 2.24) is 10.3 Å². The molecule has 1 aliphatic carbocycles. The number of pyridine rings is 1. The Hall–Kier alpha value is -2.74. The molecule has 0 spiro atoms. The minimum Gasteiger partial charge on any atom is -0.394 e. The fourth-order valence-electron chi connectivity index (χ4n) is 3.88. The number of aromatic amines is 1. The van der Waals surface area contributed by atoms with Crippen molar-refractivity contribution in [2.24, 2.45) is 5.92 Å². The number of benzene rings is 1. The van der Waals surface area contributed by atoms with Crippen LogP contribution >= 0.6 is 0 Å². The highest BCUT2D eigenvalue weighted by Crippen LogP contribution is 2.33. The standard InChI is InChI=1S/C19H23N3O5/c1-19(11-23,12-5-3-2-4-6-12)21-18(25)15-10-17(24)20-16-8-7-13(22(26)27)9-14(15)16/h7-10,12,23H,2-6,11H2,1H3,(H,20,24)(H,21,25)/t19-/m1/s1. The highest BCUT2D eigenvalue weighted by molar-refractivity contribution is 6.06. The first kappa shape index (κ1) is 19.0. The van der Waals surface area contributed by atoms with Gasteiger partial charge in [-0.15, -0.1) is 0 Å². The number of fused-ring (bicyclic) bond motifs is 1. The number of carbonyl (C=O) groups is 1. The van der Waals surface area contributed by atoms with E-state index in [2.05, 4.69) is 10.3 Å². The van der Waals surface area contributed by atoms with Gasteiger partial charge >= 0.3 is 0 Å². The highest BCUT2D eigenvalue weighted by atomic mass is 16.6. The van der Waals surface area contributed by atoms with E-state index >= 15 is 0 Å². The normalized spacial score (nSPS) is 17.4. The number of aromatic nitrogens is 1. The second-order valence-corrected chi connectivity index (χ2v) is 7.40. The van der Waals surface area contributed by atoms with Gasteiger partial charge in [-0.25, -0.2) is 0 Å². The van der Waals surface area contributed by atoms with Crippen LogP contribution < -0.4 is 10.9 Å². The largest absolute Gasteiger partial charge is 0.394 e. The average molecular weight is 373 g/mol. The molecule has 1 aliphatic rings. The van der Waals surface area contributed by atoms with Crippen LogP contribution in [0.25, 0.3) is 10.9 Å². The SMILES string of the molecule is C[C@](CO)(NC(=O)c1cc(=O)[nH]c2ccc([N+](=O)[O-])cc12)C1CCCCC1. The average Bonchev–Trinajstić information content (AvgIpc) is 2.67. The molecule has 1 aromatic carbocycles. The van der Waals surface area contributed by atoms with Crippen molar-refractivity contribution >= 4 is 22.5 Å². The van der Waals surface area contributed by atoms with Crippen LogP contribution in [0, 0.1) is 16.0 Å². The molecule has 3 N–H and O–H groups in total. The molecule has 3 rings (SSSR count). The molecule has 1 aromatic heterocycles. The number of nitro benzene ring substituents is 1. The second-order valence-electron chi connectivity index (χ2n) is 7.40. The molecule has 1 fully saturated rings. The lowest BCUT2D eigenvalue weighted by Crippen LogP contribution is -2.54. The number of rotatable bonds is 5. The van der Waals surface area contributed by atoms with Gasteiger partial charge in [0.1, 0.15) is 0 Å². The van der Waals surface area contributed by atoms with E-state index in [1.54, 1.807) is 6.92 Å². The molecule has 0 aliphatic heterocycles. The van der Waals surface area contributed by atoms with Gasteiger partial charge in [0.25, 0.3) is 11.6 Å². The zero-order chi connectivity index (χ0) is 19.6. The number of hydrogen-bond donors (Lipinski definition) is 3. The Morgan fingerprint density at radius 1 is 1.33 bits per heavy atom. The summed E-state index contributed by atoms with van der Waals surface area (Å²) in [4.78, 5) is 38.0. The summed E-state index contributed by atoms with van der Waals surface area (Å²) in [5, 5.41) is 24.2. The third-order valence-corrected chi connectivity index (χ3v) is 5.52. The van der Waals surface area contributed by atoms with E-state index in [1.807, 2.05) is 0 Å². The number of hydrogen-bond acceptors (Lipinski definition) is 5. The molecular formula is C19H23N3O5. The maximum absolute atomic E-state index is 13.0. The van der Waals surface area contributed by atoms with Gasteiger partial charge < -0.3 is 15.4 Å². The Morgan fingerprint density at radius 2 is 2.04 bits per heavy atom. The summed E-state index contributed by atoms with van der Waals surface area (Å²) >= 11 is 0. The van der Waals surface area contributed by atoms with Gasteiger partial charge in [0.05, 0.1) is 22.6 Å². The van der Waals surface area contributed by atoms with Crippen LogP contribution in [0.15, 0.2) is 29.1 Å². The van der Waals surface area contributed by atoms with Gasteiger partial charge in [-0.05, 0) is 31.7 Å². The third kappa shape index (κ3) is 3.85. The van der Waals surface area contributed by atoms with Gasteiger partial charge in [-0.1, -0.05) is 19.3 Å². The second kappa shape index (κ2) is 7.48. The molecule has 0 saturated heterocycles. The van der Waals surface area contributed by atoms with Gasteiger partial charge in [-0.3, -0.25) is 19.7 Å². The predicted molar refractivity (Wildman–Crippen MR) is 101 cm³/mol. The van der Waals surface area contributed by atoms with Crippen molar-refractivity contribution in [1.29, 1.82) is 0 Å². The summed E-state index contributed by atoms with van der Waals surface area (Å²) in [6.07, 6.45) is 5.08. The number of amides is 1. The Kier molecular flexibility index (Phi) is 5.27. The molecule has 144 valence electrons. The number of nitrogens with one attached hydrogen (secondary N) is 2. The molecular weight excluding hydrogens is 350 g/mol. The number of H-pyrrole nitrogens is 1. The molecule has 8 nitrogen and oxygen atoms in total. The van der Waals surface area contributed by atoms with Crippen LogP contribution in [-0.4, -0.2) is 33.1 Å². The number of aliphatic hydroxyl groups excluding tert-OH is 1. The number of nitrogens with zero attached hydrogens (tertiary/aromatic N) is 1. The quantitative estimate of drug-likeness (QED) is 0.548. The molecule has 1 atom stereocenters. The van der Waals surface area contributed by atoms with Crippen LogP contribution in [0.3, 0.4) is 0 Å². The number of nitro groups is 1. The number of carbonyl (C=O) groups excluding carboxylic acids is 1. The molecule has 1 amide bonds. The van der Waals surface area contributed by atoms with Gasteiger partial charge in [0.2, 0.25) is 5.56 Å². The van der Waals surface area contributed by atoms with Crippen LogP contribution in [0.4, 0.5) is 5.69 Å². The van der Waals surface area contributed by atoms with Gasteiger partial charge in [-0.2, -0.15) is 0 Å². The molecule has 27 heavy (non-hydrogen) atoms. The smallest absolute Gasteiger partial charge is 0.270 e. The summed E-state index contributed by atoms with van der Waals surface area (Å²) in [6, 6.07) is 5.11. The Balaban J connectivity index is 2.00. The van der Waals surface area contributed by atoms with E-state index in [0.29, 0.717) is 10.9 Å². The predicted octanol–water partition coefficient (Wildman–Crippen LogP) is 2.50. The lowest BCUT2D eigenvalue weighted by molar-refractivity contribution is -0.384. The lowest BCUT2D eigenvalue weighted by Gasteiger charge is -2.39. The maximum Gasteiger partial charge on any atom is 0.270 e. The topological polar surface area (TPSA) is 125 Å². The van der Waals surface area contributed by atoms with Crippen LogP contribution in [-0.2, 0) is 0 Å². The van der Waals surface area contributed by atoms with Crippen molar-refractivity contribution in [2.75, 3.05) is 6.61 Å². The maximum atomic E-state index is 13.0. The number of aliphatic hydroxyl groups is 1. The Labute approximate surface area is 155 Å². The summed E-state index contributed by atoms with van der Waals surface area (Å²) < 4.78 is 0. The minimum absolute atomic E-state index is 0.0629. The molecule has 2 aromatic rings. The van der Waals surface area contributed by atoms with Crippen molar-refractivity contribution in [3.8, 4) is 0 Å². The van der Waals surface area contributed by atoms with E-state index in [0.717, 1.165) is 38.2 Å². The van der Waals surface area contributed by atoms with Crippen molar-refractivity contribution < 1.29 is 14.8 Å². The lowest BCUT2D eigenvalue weighted by atomic mass is 9.76. The molecule has 0 unspecified atom stereocenters. The zero-order valence-electron chi connectivity index (χ0n) is 15.2. The monoisotopic (exact) mass is 373 g/mol. The van der Waals surface area contributed by atoms with Gasteiger partial charge in [0, 0.05) is 29.1 Å². The van der Waals surface area contributed by atoms with Crippen molar-refractivity contribution in [3.05, 3.63) is 50.3 Å². The fourth-order valence-corrected chi connectivity index (χ4v) is 3.88. The fraction of sp³-hybridized carbons (Fsp3) is 0.474. The van der Waals surface area contributed by atoms with Crippen LogP contribution in [0.5, 0.6) is 0 Å². The zero-order valence-corrected chi connectivity index (χ0v) is 15.2. The highest BCUT2D eigenvalue weighted by Gasteiger charge is 2.36. The Bertz CT molecular complexity index is 933. The summed E-state index contributed by atoms with van der Waals surface area (Å²) in [7, 11) is 0. The summed E-state index contributed by atoms with van der Waals surface area (Å²) in [5.74, 6) is -0.378. The van der Waals surface area contributed by atoms with Crippen molar-refractivity contribution in [2.45, 2.75) is 44.6 Å². The first-order valence-corrected chi connectivity index (χ1v) is 9.09. The third-order valence-electron chi connectivity index (χ3n) is 5.52. The molecule has 0 bridgehead atoms. The molecule has 1 heterocycles. The molecule has 0 radical (unpaired) electrons. The summed E-state index contributed by atoms with van der Waals surface area (Å²) in [6.45, 7) is 1.59. The van der Waals surface area contributed by atoms with E-state index in [-0.39, 0.29) is 23.8 Å². The van der Waals surface area contributed by atoms with E-state index in [4.69, 9.17) is 0 Å². The van der Waals surface area contributed by atoms with Crippen LogP contribution in [0.1, 0.15) is 49.4 Å². The van der Waals surface area contributed by atoms with Crippen molar-refractivity contribution in [3.63, 3.8) is 0 Å². The Morgan fingerprint density at radius 3 is 2.67 bits per heavy atom.